The summed E-state index contributed by atoms with van der Waals surface area (Å²) in [7, 11) is 0. The Hall–Kier alpha value is -1.56. The topological polar surface area (TPSA) is 0 Å². The minimum Gasteiger partial charge on any atom is -0.0799 e. The highest BCUT2D eigenvalue weighted by Crippen LogP contribution is 2.34. The molecule has 0 amide bonds. The van der Waals surface area contributed by atoms with Crippen molar-refractivity contribution in [2.75, 3.05) is 0 Å². The molecule has 1 aromatic carbocycles. The van der Waals surface area contributed by atoms with Crippen LogP contribution < -0.4 is 0 Å². The van der Waals surface area contributed by atoms with Gasteiger partial charge in [-0.15, -0.1) is 0 Å². The smallest absolute Gasteiger partial charge is 0.00122 e. The summed E-state index contributed by atoms with van der Waals surface area (Å²) in [5, 5.41) is 0. The lowest BCUT2D eigenvalue weighted by atomic mass is 9.78. The fourth-order valence-corrected chi connectivity index (χ4v) is 2.28. The monoisotopic (exact) mass is 252 g/mol. The van der Waals surface area contributed by atoms with Gasteiger partial charge in [0, 0.05) is 0 Å². The summed E-state index contributed by atoms with van der Waals surface area (Å²) in [4.78, 5) is 0. The van der Waals surface area contributed by atoms with Crippen molar-refractivity contribution in [1.82, 2.24) is 0 Å². The van der Waals surface area contributed by atoms with Gasteiger partial charge in [-0.3, -0.25) is 0 Å². The fraction of sp³-hybridized carbons (Fsp3) is 0.368. The van der Waals surface area contributed by atoms with Crippen LogP contribution in [0, 0.1) is 11.3 Å². The normalized spacial score (nSPS) is 19.7. The second-order valence-corrected chi connectivity index (χ2v) is 5.93. The lowest BCUT2D eigenvalue weighted by Crippen LogP contribution is -2.14. The van der Waals surface area contributed by atoms with Gasteiger partial charge in [0.25, 0.3) is 0 Å². The van der Waals surface area contributed by atoms with Crippen LogP contribution in [0.25, 0.3) is 6.08 Å². The second-order valence-electron chi connectivity index (χ2n) is 5.93. The zero-order valence-electron chi connectivity index (χ0n) is 12.3. The van der Waals surface area contributed by atoms with E-state index in [1.807, 2.05) is 0 Å². The summed E-state index contributed by atoms with van der Waals surface area (Å²) >= 11 is 0. The highest BCUT2D eigenvalue weighted by atomic mass is 14.3. The van der Waals surface area contributed by atoms with Crippen molar-refractivity contribution in [3.63, 3.8) is 0 Å². The maximum atomic E-state index is 2.41. The maximum absolute atomic E-state index is 2.41. The Labute approximate surface area is 117 Å². The summed E-state index contributed by atoms with van der Waals surface area (Å²) in [6, 6.07) is 10.5. The van der Waals surface area contributed by atoms with Crippen molar-refractivity contribution in [3.05, 3.63) is 65.8 Å². The molecule has 0 N–H and O–H groups in total. The first-order valence-electron chi connectivity index (χ1n) is 7.24. The third-order valence-electron chi connectivity index (χ3n) is 4.13. The summed E-state index contributed by atoms with van der Waals surface area (Å²) in [6.45, 7) is 6.91. The highest BCUT2D eigenvalue weighted by molar-refractivity contribution is 5.50. The molecule has 1 aliphatic carbocycles. The molecule has 0 heterocycles. The lowest BCUT2D eigenvalue weighted by Gasteiger charge is -2.27. The van der Waals surface area contributed by atoms with Crippen LogP contribution in [0.3, 0.4) is 0 Å². The van der Waals surface area contributed by atoms with Crippen molar-refractivity contribution in [2.24, 2.45) is 11.3 Å². The van der Waals surface area contributed by atoms with Crippen LogP contribution in [0.4, 0.5) is 0 Å². The third-order valence-corrected chi connectivity index (χ3v) is 4.13. The Kier molecular flexibility index (Phi) is 4.42. The van der Waals surface area contributed by atoms with E-state index in [1.165, 1.54) is 17.6 Å². The predicted molar refractivity (Wildman–Crippen MR) is 84.9 cm³/mol. The summed E-state index contributed by atoms with van der Waals surface area (Å²) in [5.74, 6) is 0.539. The summed E-state index contributed by atoms with van der Waals surface area (Å²) < 4.78 is 0. The number of hydrogen-bond acceptors (Lipinski definition) is 0. The molecule has 0 saturated heterocycles. The average Bonchev–Trinajstić information content (AvgIpc) is 2.47. The summed E-state index contributed by atoms with van der Waals surface area (Å²) in [6.07, 6.45) is 13.9. The van der Waals surface area contributed by atoms with Gasteiger partial charge in [-0.25, -0.2) is 0 Å². The van der Waals surface area contributed by atoms with Gasteiger partial charge in [0.2, 0.25) is 0 Å². The molecule has 1 atom stereocenters. The first-order chi connectivity index (χ1) is 9.12. The molecule has 1 unspecified atom stereocenters. The molecule has 2 rings (SSSR count). The molecule has 0 aromatic heterocycles. The average molecular weight is 252 g/mol. The van der Waals surface area contributed by atoms with E-state index in [9.17, 15) is 0 Å². The first-order valence-corrected chi connectivity index (χ1v) is 7.24. The lowest BCUT2D eigenvalue weighted by molar-refractivity contribution is 0.435. The van der Waals surface area contributed by atoms with Crippen LogP contribution in [0.1, 0.15) is 39.2 Å². The van der Waals surface area contributed by atoms with Gasteiger partial charge in [0.15, 0.2) is 0 Å². The molecule has 0 heteroatoms. The van der Waals surface area contributed by atoms with Gasteiger partial charge >= 0.3 is 0 Å². The van der Waals surface area contributed by atoms with Gasteiger partial charge in [0.1, 0.15) is 0 Å². The van der Waals surface area contributed by atoms with Crippen molar-refractivity contribution in [2.45, 2.75) is 33.6 Å². The van der Waals surface area contributed by atoms with Crippen molar-refractivity contribution < 1.29 is 0 Å². The van der Waals surface area contributed by atoms with Gasteiger partial charge < -0.3 is 0 Å². The van der Waals surface area contributed by atoms with Crippen LogP contribution >= 0.6 is 0 Å². The molecule has 0 saturated carbocycles. The van der Waals surface area contributed by atoms with Crippen molar-refractivity contribution >= 4 is 6.08 Å². The molecule has 0 spiro atoms. The molecule has 0 radical (unpaired) electrons. The molecule has 0 aliphatic heterocycles. The Bertz CT molecular complexity index is 486. The molecular formula is C19H24. The molecule has 0 nitrogen and oxygen atoms in total. The van der Waals surface area contributed by atoms with Gasteiger partial charge in [-0.05, 0) is 35.3 Å². The Morgan fingerprint density at radius 2 is 1.95 bits per heavy atom. The molecule has 100 valence electrons. The summed E-state index contributed by atoms with van der Waals surface area (Å²) in [5.41, 5.74) is 3.07. The van der Waals surface area contributed by atoms with Crippen molar-refractivity contribution in [1.29, 1.82) is 0 Å². The van der Waals surface area contributed by atoms with E-state index >= 15 is 0 Å². The number of allylic oxidation sites excluding steroid dienone is 5. The Balaban J connectivity index is 1.98. The molecule has 0 fully saturated rings. The molecular weight excluding hydrogens is 228 g/mol. The van der Waals surface area contributed by atoms with Gasteiger partial charge in [-0.1, -0.05) is 81.5 Å². The van der Waals surface area contributed by atoms with E-state index in [4.69, 9.17) is 0 Å². The second kappa shape index (κ2) is 6.06. The van der Waals surface area contributed by atoms with Crippen LogP contribution in [-0.2, 0) is 0 Å². The van der Waals surface area contributed by atoms with E-state index < -0.39 is 0 Å². The van der Waals surface area contributed by atoms with E-state index in [2.05, 4.69) is 81.5 Å². The van der Waals surface area contributed by atoms with Crippen LogP contribution in [0.15, 0.2) is 60.2 Å². The predicted octanol–water partition coefficient (Wildman–Crippen LogP) is 5.64. The zero-order chi connectivity index (χ0) is 13.7. The number of benzene rings is 1. The molecule has 1 aliphatic rings. The third kappa shape index (κ3) is 3.70. The molecule has 0 bridgehead atoms. The van der Waals surface area contributed by atoms with E-state index in [0.717, 1.165) is 6.42 Å². The van der Waals surface area contributed by atoms with E-state index in [0.29, 0.717) is 11.3 Å². The first kappa shape index (κ1) is 13.9. The Morgan fingerprint density at radius 3 is 2.53 bits per heavy atom. The van der Waals surface area contributed by atoms with Crippen LogP contribution in [-0.4, -0.2) is 0 Å². The number of rotatable bonds is 4. The largest absolute Gasteiger partial charge is 0.0799 e. The van der Waals surface area contributed by atoms with Crippen LogP contribution in [0.2, 0.25) is 0 Å². The molecule has 1 aromatic rings. The van der Waals surface area contributed by atoms with E-state index in [-0.39, 0.29) is 0 Å². The minimum atomic E-state index is 0.310. The quantitative estimate of drug-likeness (QED) is 0.650. The highest BCUT2D eigenvalue weighted by Gasteiger charge is 2.20. The van der Waals surface area contributed by atoms with E-state index in [1.54, 1.807) is 0 Å². The minimum absolute atomic E-state index is 0.310. The van der Waals surface area contributed by atoms with Gasteiger partial charge in [0.05, 0.1) is 0 Å². The zero-order valence-corrected chi connectivity index (χ0v) is 12.3. The fourth-order valence-electron chi connectivity index (χ4n) is 2.28. The Morgan fingerprint density at radius 1 is 1.21 bits per heavy atom. The standard InChI is InChI=1S/C19H24/c1-4-19(2,3)18-14-12-17(13-15-18)11-10-16-8-6-5-7-9-16/h5-12,14-15,17H,4,13H2,1-3H3/b11-10+. The van der Waals surface area contributed by atoms with Crippen LogP contribution in [0.5, 0.6) is 0 Å². The number of hydrogen-bond donors (Lipinski definition) is 0. The SMILES string of the molecule is CCC(C)(C)C1=CCC(/C=C/c2ccccc2)C=C1. The molecule has 19 heavy (non-hydrogen) atoms. The van der Waals surface area contributed by atoms with Gasteiger partial charge in [-0.2, -0.15) is 0 Å². The maximum Gasteiger partial charge on any atom is -0.00122 e. The van der Waals surface area contributed by atoms with Crippen molar-refractivity contribution in [3.8, 4) is 0 Å².